The van der Waals surface area contributed by atoms with Gasteiger partial charge in [-0.1, -0.05) is 254 Å². The molecule has 0 saturated heterocycles. The van der Waals surface area contributed by atoms with E-state index in [2.05, 4.69) is 23.6 Å². The zero-order chi connectivity index (χ0) is 44.7. The first-order chi connectivity index (χ1) is 30.2. The van der Waals surface area contributed by atoms with E-state index >= 15 is 0 Å². The van der Waals surface area contributed by atoms with Crippen LogP contribution >= 0.6 is 23.2 Å². The number of rotatable bonds is 38. The molecular formula is C52H83Cl2N3O4S. The summed E-state index contributed by atoms with van der Waals surface area (Å²) in [5.74, 6) is -0.430. The van der Waals surface area contributed by atoms with E-state index in [4.69, 9.17) is 23.2 Å². The number of hydrogen-bond acceptors (Lipinski definition) is 5. The number of halogens is 2. The molecule has 0 aliphatic carbocycles. The Labute approximate surface area is 388 Å². The van der Waals surface area contributed by atoms with Gasteiger partial charge in [0.1, 0.15) is 15.8 Å². The molecule has 0 bridgehead atoms. The summed E-state index contributed by atoms with van der Waals surface area (Å²) in [6.07, 6.45) is 42.3. The van der Waals surface area contributed by atoms with E-state index in [0.29, 0.717) is 23.9 Å². The number of nitrogens with zero attached hydrogens (tertiary/aromatic N) is 2. The summed E-state index contributed by atoms with van der Waals surface area (Å²) in [6, 6.07) is 9.67. The normalized spacial score (nSPS) is 11.7. The van der Waals surface area contributed by atoms with Crippen molar-refractivity contribution in [3.63, 3.8) is 0 Å². The largest absolute Gasteiger partial charge is 0.506 e. The Hall–Kier alpha value is -2.55. The number of aromatic nitrogens is 1. The zero-order valence-corrected chi connectivity index (χ0v) is 41.1. The molecule has 1 aromatic heterocycles. The molecule has 0 unspecified atom stereocenters. The number of pyridine rings is 1. The molecule has 0 atom stereocenters. The second-order valence-electron chi connectivity index (χ2n) is 17.8. The Morgan fingerprint density at radius 3 is 1.34 bits per heavy atom. The van der Waals surface area contributed by atoms with E-state index in [1.165, 1.54) is 179 Å². The number of unbranched alkanes of at least 4 members (excludes halogenated alkanes) is 30. The van der Waals surface area contributed by atoms with Crippen molar-refractivity contribution in [1.82, 2.24) is 9.88 Å². The Morgan fingerprint density at radius 1 is 0.581 bits per heavy atom. The van der Waals surface area contributed by atoms with Gasteiger partial charge in [0.05, 0.1) is 16.3 Å². The highest BCUT2D eigenvalue weighted by molar-refractivity contribution is 7.92. The van der Waals surface area contributed by atoms with Gasteiger partial charge in [-0.05, 0) is 25.0 Å². The highest BCUT2D eigenvalue weighted by atomic mass is 35.5. The van der Waals surface area contributed by atoms with Crippen LogP contribution in [0.1, 0.15) is 230 Å². The Bertz CT molecular complexity index is 1740. The van der Waals surface area contributed by atoms with Gasteiger partial charge >= 0.3 is 0 Å². The number of aromatic hydroxyl groups is 1. The number of benzene rings is 2. The van der Waals surface area contributed by atoms with E-state index in [1.54, 1.807) is 24.3 Å². The van der Waals surface area contributed by atoms with Crippen molar-refractivity contribution in [1.29, 1.82) is 0 Å². The van der Waals surface area contributed by atoms with Gasteiger partial charge in [0.2, 0.25) is 0 Å². The number of sulfonamides is 1. The third-order valence-corrected chi connectivity index (χ3v) is 14.4. The number of phenolic OH excluding ortho intramolecular Hbond substituents is 1. The van der Waals surface area contributed by atoms with Crippen LogP contribution in [-0.4, -0.2) is 42.4 Å². The van der Waals surface area contributed by atoms with E-state index in [1.807, 2.05) is 4.90 Å². The summed E-state index contributed by atoms with van der Waals surface area (Å²) in [4.78, 5) is 20.0. The highest BCUT2D eigenvalue weighted by Crippen LogP contribution is 2.37. The van der Waals surface area contributed by atoms with Gasteiger partial charge in [-0.3, -0.25) is 9.52 Å². The molecule has 1 heterocycles. The molecule has 3 rings (SSSR count). The maximum Gasteiger partial charge on any atom is 0.263 e. The van der Waals surface area contributed by atoms with Crippen LogP contribution in [0.2, 0.25) is 10.2 Å². The number of fused-ring (bicyclic) bond motifs is 1. The fourth-order valence-electron chi connectivity index (χ4n) is 8.55. The third-order valence-electron chi connectivity index (χ3n) is 12.4. The lowest BCUT2D eigenvalue weighted by Gasteiger charge is -2.24. The van der Waals surface area contributed by atoms with Crippen LogP contribution in [0, 0.1) is 0 Å². The van der Waals surface area contributed by atoms with Crippen molar-refractivity contribution in [3.8, 4) is 5.75 Å². The number of hydrogen-bond donors (Lipinski definition) is 2. The van der Waals surface area contributed by atoms with Crippen LogP contribution in [0.4, 0.5) is 5.69 Å². The number of amides is 1. The average molecular weight is 917 g/mol. The van der Waals surface area contributed by atoms with Crippen molar-refractivity contribution in [2.75, 3.05) is 17.8 Å². The van der Waals surface area contributed by atoms with Crippen molar-refractivity contribution >= 4 is 55.6 Å². The lowest BCUT2D eigenvalue weighted by molar-refractivity contribution is 0.0746. The molecule has 2 N–H and O–H groups in total. The van der Waals surface area contributed by atoms with Crippen molar-refractivity contribution in [3.05, 3.63) is 58.3 Å². The molecule has 0 radical (unpaired) electrons. The zero-order valence-electron chi connectivity index (χ0n) is 38.8. The second-order valence-corrected chi connectivity index (χ2v) is 20.3. The van der Waals surface area contributed by atoms with Gasteiger partial charge in [0, 0.05) is 30.1 Å². The predicted molar refractivity (Wildman–Crippen MR) is 266 cm³/mol. The van der Waals surface area contributed by atoms with E-state index in [-0.39, 0.29) is 38.0 Å². The number of anilines is 1. The first-order valence-corrected chi connectivity index (χ1v) is 27.3. The van der Waals surface area contributed by atoms with Gasteiger partial charge in [-0.2, -0.15) is 0 Å². The number of carbonyl (C=O) groups excluding carboxylic acids is 1. The van der Waals surface area contributed by atoms with Crippen molar-refractivity contribution in [2.24, 2.45) is 0 Å². The quantitative estimate of drug-likeness (QED) is 0.0339. The van der Waals surface area contributed by atoms with E-state index in [9.17, 15) is 18.3 Å². The molecule has 3 aromatic rings. The lowest BCUT2D eigenvalue weighted by Crippen LogP contribution is -2.33. The number of nitrogens with one attached hydrogen (secondary N) is 1. The summed E-state index contributed by atoms with van der Waals surface area (Å²) in [5, 5.41) is 12.4. The molecule has 10 heteroatoms. The average Bonchev–Trinajstić information content (AvgIpc) is 3.26. The van der Waals surface area contributed by atoms with Crippen LogP contribution < -0.4 is 4.72 Å². The van der Waals surface area contributed by atoms with Crippen LogP contribution in [-0.2, 0) is 10.0 Å². The number of phenols is 1. The predicted octanol–water partition coefficient (Wildman–Crippen LogP) is 17.0. The fourth-order valence-corrected chi connectivity index (χ4v) is 9.92. The second kappa shape index (κ2) is 33.0. The van der Waals surface area contributed by atoms with Gasteiger partial charge in [0.15, 0.2) is 0 Å². The van der Waals surface area contributed by atoms with Crippen LogP contribution in [0.3, 0.4) is 0 Å². The SMILES string of the molecule is CCCCCCCCCCCCCCCCCCN(CCCCCCCCCCCCCCCCCC)C(=O)c1cc(NS(=O)(=O)c2cnc(Cl)c(Cl)c2)c2ccccc2c1O. The smallest absolute Gasteiger partial charge is 0.263 e. The Morgan fingerprint density at radius 2 is 0.952 bits per heavy atom. The molecule has 0 saturated carbocycles. The maximum atomic E-state index is 14.4. The molecule has 0 aliphatic heterocycles. The monoisotopic (exact) mass is 916 g/mol. The highest BCUT2D eigenvalue weighted by Gasteiger charge is 2.25. The number of carbonyl (C=O) groups is 1. The van der Waals surface area contributed by atoms with Crippen LogP contribution in [0.5, 0.6) is 5.75 Å². The molecule has 62 heavy (non-hydrogen) atoms. The van der Waals surface area contributed by atoms with Crippen LogP contribution in [0.15, 0.2) is 47.5 Å². The Kier molecular flexibility index (Phi) is 28.6. The van der Waals surface area contributed by atoms with Gasteiger partial charge in [-0.15, -0.1) is 0 Å². The summed E-state index contributed by atoms with van der Waals surface area (Å²) in [7, 11) is -4.16. The summed E-state index contributed by atoms with van der Waals surface area (Å²) < 4.78 is 29.7. The molecule has 0 spiro atoms. The van der Waals surface area contributed by atoms with Crippen molar-refractivity contribution in [2.45, 2.75) is 224 Å². The minimum Gasteiger partial charge on any atom is -0.506 e. The minimum atomic E-state index is -4.16. The minimum absolute atomic E-state index is 0.00219. The third kappa shape index (κ3) is 21.4. The maximum absolute atomic E-state index is 14.4. The molecule has 1 amide bonds. The fraction of sp³-hybridized carbons (Fsp3) is 0.692. The van der Waals surface area contributed by atoms with Crippen molar-refractivity contribution < 1.29 is 18.3 Å². The molecular weight excluding hydrogens is 834 g/mol. The first kappa shape index (κ1) is 53.8. The van der Waals surface area contributed by atoms with Gasteiger partial charge in [0.25, 0.3) is 15.9 Å². The summed E-state index contributed by atoms with van der Waals surface area (Å²) in [5.41, 5.74) is 0.277. The van der Waals surface area contributed by atoms with E-state index < -0.39 is 10.0 Å². The standard InChI is InChI=1S/C52H83Cl2N3O4S/c1-3-5-7-9-11-13-15-17-19-21-23-25-27-29-31-35-39-57(40-36-32-30-28-26-24-22-20-18-16-14-12-10-8-6-4-2)52(59)47-42-49(45-37-33-34-38-46(45)50(47)58)56-62(60,61)44-41-48(53)51(54)55-43-44/h33-34,37-38,41-43,56,58H,3-32,35-36,39-40H2,1-2H3. The first-order valence-electron chi connectivity index (χ1n) is 25.1. The van der Waals surface area contributed by atoms with Crippen LogP contribution in [0.25, 0.3) is 10.8 Å². The lowest BCUT2D eigenvalue weighted by atomic mass is 10.0. The summed E-state index contributed by atoms with van der Waals surface area (Å²) in [6.45, 7) is 5.74. The topological polar surface area (TPSA) is 99.6 Å². The molecule has 350 valence electrons. The molecule has 7 nitrogen and oxygen atoms in total. The Balaban J connectivity index is 1.53. The molecule has 0 fully saturated rings. The summed E-state index contributed by atoms with van der Waals surface area (Å²) >= 11 is 12.1. The molecule has 0 aliphatic rings. The van der Waals surface area contributed by atoms with Gasteiger partial charge < -0.3 is 10.0 Å². The van der Waals surface area contributed by atoms with E-state index in [0.717, 1.165) is 44.7 Å². The van der Waals surface area contributed by atoms with Gasteiger partial charge in [-0.25, -0.2) is 13.4 Å². The molecule has 2 aromatic carbocycles.